The minimum Gasteiger partial charge on any atom is -0.317 e. The second-order valence-corrected chi connectivity index (χ2v) is 7.64. The van der Waals surface area contributed by atoms with E-state index in [1.165, 1.54) is 38.4 Å². The van der Waals surface area contributed by atoms with Crippen LogP contribution in [0.4, 0.5) is 0 Å². The zero-order valence-corrected chi connectivity index (χ0v) is 12.1. The van der Waals surface area contributed by atoms with Crippen LogP contribution in [-0.2, 0) is 9.84 Å². The molecule has 1 aliphatic rings. The zero-order chi connectivity index (χ0) is 12.7. The summed E-state index contributed by atoms with van der Waals surface area (Å²) in [6.07, 6.45) is 8.59. The Labute approximate surface area is 106 Å². The Bertz CT molecular complexity index is 301. The van der Waals surface area contributed by atoms with Gasteiger partial charge in [0, 0.05) is 6.26 Å². The Hall–Kier alpha value is -0.0900. The Kier molecular flexibility index (Phi) is 6.49. The molecule has 4 heteroatoms. The van der Waals surface area contributed by atoms with Crippen molar-refractivity contribution < 1.29 is 8.42 Å². The lowest BCUT2D eigenvalue weighted by molar-refractivity contribution is 0.294. The van der Waals surface area contributed by atoms with Gasteiger partial charge in [0.05, 0.1) is 5.75 Å². The molecule has 0 bridgehead atoms. The fraction of sp³-hybridized carbons (Fsp3) is 1.00. The van der Waals surface area contributed by atoms with Crippen LogP contribution in [-0.4, -0.2) is 33.5 Å². The van der Waals surface area contributed by atoms with Gasteiger partial charge in [-0.3, -0.25) is 0 Å². The Morgan fingerprint density at radius 1 is 1.12 bits per heavy atom. The lowest BCUT2D eigenvalue weighted by atomic mass is 9.86. The molecule has 0 aromatic rings. The van der Waals surface area contributed by atoms with Crippen molar-refractivity contribution in [1.82, 2.24) is 5.32 Å². The van der Waals surface area contributed by atoms with Crippen molar-refractivity contribution in [2.45, 2.75) is 45.4 Å². The summed E-state index contributed by atoms with van der Waals surface area (Å²) in [4.78, 5) is 0. The first-order valence-electron chi connectivity index (χ1n) is 6.91. The van der Waals surface area contributed by atoms with Crippen LogP contribution in [0, 0.1) is 11.8 Å². The third-order valence-electron chi connectivity index (χ3n) is 3.83. The van der Waals surface area contributed by atoms with Gasteiger partial charge in [-0.1, -0.05) is 32.6 Å². The van der Waals surface area contributed by atoms with Gasteiger partial charge in [-0.05, 0) is 37.8 Å². The molecule has 1 fully saturated rings. The standard InChI is InChI=1S/C13H27NO2S/c1-3-14-11-13-8-6-4-5-7-12(13)9-10-17(2,15)16/h12-14H,3-11H2,1-2H3. The minimum atomic E-state index is -2.80. The molecule has 2 atom stereocenters. The highest BCUT2D eigenvalue weighted by Crippen LogP contribution is 2.31. The van der Waals surface area contributed by atoms with Crippen molar-refractivity contribution in [2.75, 3.05) is 25.1 Å². The summed E-state index contributed by atoms with van der Waals surface area (Å²) < 4.78 is 22.5. The molecule has 1 aliphatic carbocycles. The molecule has 1 N–H and O–H groups in total. The monoisotopic (exact) mass is 261 g/mol. The summed E-state index contributed by atoms with van der Waals surface area (Å²) in [5.74, 6) is 1.64. The average molecular weight is 261 g/mol. The molecule has 0 heterocycles. The molecule has 0 saturated heterocycles. The topological polar surface area (TPSA) is 46.2 Å². The summed E-state index contributed by atoms with van der Waals surface area (Å²) in [6.45, 7) is 4.20. The van der Waals surface area contributed by atoms with Crippen LogP contribution < -0.4 is 5.32 Å². The van der Waals surface area contributed by atoms with E-state index in [1.54, 1.807) is 0 Å². The highest BCUT2D eigenvalue weighted by Gasteiger charge is 2.24. The summed E-state index contributed by atoms with van der Waals surface area (Å²) in [7, 11) is -2.80. The molecule has 0 radical (unpaired) electrons. The van der Waals surface area contributed by atoms with E-state index < -0.39 is 9.84 Å². The van der Waals surface area contributed by atoms with Crippen LogP contribution in [0.15, 0.2) is 0 Å². The Balaban J connectivity index is 2.49. The van der Waals surface area contributed by atoms with E-state index in [4.69, 9.17) is 0 Å². The number of sulfone groups is 1. The summed E-state index contributed by atoms with van der Waals surface area (Å²) >= 11 is 0. The van der Waals surface area contributed by atoms with Crippen LogP contribution in [0.3, 0.4) is 0 Å². The third-order valence-corrected chi connectivity index (χ3v) is 4.81. The van der Waals surface area contributed by atoms with Crippen molar-refractivity contribution in [1.29, 1.82) is 0 Å². The van der Waals surface area contributed by atoms with Crippen LogP contribution >= 0.6 is 0 Å². The van der Waals surface area contributed by atoms with Gasteiger partial charge in [-0.25, -0.2) is 8.42 Å². The van der Waals surface area contributed by atoms with Crippen molar-refractivity contribution >= 4 is 9.84 Å². The van der Waals surface area contributed by atoms with Crippen LogP contribution in [0.25, 0.3) is 0 Å². The first-order chi connectivity index (χ1) is 8.03. The minimum absolute atomic E-state index is 0.361. The first-order valence-corrected chi connectivity index (χ1v) is 8.97. The molecule has 2 unspecified atom stereocenters. The van der Waals surface area contributed by atoms with E-state index in [0.29, 0.717) is 17.6 Å². The van der Waals surface area contributed by atoms with Crippen LogP contribution in [0.2, 0.25) is 0 Å². The second kappa shape index (κ2) is 7.37. The fourth-order valence-corrected chi connectivity index (χ4v) is 3.54. The van der Waals surface area contributed by atoms with Gasteiger partial charge in [0.15, 0.2) is 0 Å². The molecule has 102 valence electrons. The molecule has 17 heavy (non-hydrogen) atoms. The van der Waals surface area contributed by atoms with Crippen LogP contribution in [0.5, 0.6) is 0 Å². The summed E-state index contributed by atoms with van der Waals surface area (Å²) in [6, 6.07) is 0. The fourth-order valence-electron chi connectivity index (χ4n) is 2.81. The summed E-state index contributed by atoms with van der Waals surface area (Å²) in [5, 5.41) is 3.42. The van der Waals surface area contributed by atoms with Crippen molar-refractivity contribution in [3.8, 4) is 0 Å². The second-order valence-electron chi connectivity index (χ2n) is 5.38. The third kappa shape index (κ3) is 6.41. The lowest BCUT2D eigenvalue weighted by Crippen LogP contribution is -2.28. The lowest BCUT2D eigenvalue weighted by Gasteiger charge is -2.25. The van der Waals surface area contributed by atoms with E-state index in [2.05, 4.69) is 12.2 Å². The normalized spacial score (nSPS) is 26.7. The maximum atomic E-state index is 11.3. The number of rotatable bonds is 6. The maximum absolute atomic E-state index is 11.3. The molecule has 0 aromatic carbocycles. The molecule has 0 aromatic heterocycles. The van der Waals surface area contributed by atoms with Gasteiger partial charge >= 0.3 is 0 Å². The SMILES string of the molecule is CCNCC1CCCCCC1CCS(C)(=O)=O. The molecule has 0 amide bonds. The summed E-state index contributed by atoms with van der Waals surface area (Å²) in [5.41, 5.74) is 0. The van der Waals surface area contributed by atoms with Crippen molar-refractivity contribution in [2.24, 2.45) is 11.8 Å². The smallest absolute Gasteiger partial charge is 0.147 e. The van der Waals surface area contributed by atoms with E-state index in [-0.39, 0.29) is 0 Å². The van der Waals surface area contributed by atoms with Gasteiger partial charge in [0.2, 0.25) is 0 Å². The van der Waals surface area contributed by atoms with Gasteiger partial charge < -0.3 is 5.32 Å². The van der Waals surface area contributed by atoms with Crippen molar-refractivity contribution in [3.63, 3.8) is 0 Å². The molecule has 3 nitrogen and oxygen atoms in total. The van der Waals surface area contributed by atoms with Gasteiger partial charge in [-0.2, -0.15) is 0 Å². The Morgan fingerprint density at radius 2 is 1.76 bits per heavy atom. The van der Waals surface area contributed by atoms with E-state index in [1.807, 2.05) is 0 Å². The zero-order valence-electron chi connectivity index (χ0n) is 11.2. The molecular formula is C13H27NO2S. The van der Waals surface area contributed by atoms with Gasteiger partial charge in [-0.15, -0.1) is 0 Å². The number of hydrogen-bond donors (Lipinski definition) is 1. The highest BCUT2D eigenvalue weighted by atomic mass is 32.2. The Morgan fingerprint density at radius 3 is 2.35 bits per heavy atom. The molecule has 1 saturated carbocycles. The quantitative estimate of drug-likeness (QED) is 0.746. The molecule has 0 spiro atoms. The highest BCUT2D eigenvalue weighted by molar-refractivity contribution is 7.90. The molecule has 1 rings (SSSR count). The first kappa shape index (κ1) is 15.0. The van der Waals surface area contributed by atoms with E-state index in [9.17, 15) is 8.42 Å². The van der Waals surface area contributed by atoms with E-state index in [0.717, 1.165) is 19.5 Å². The molecular weight excluding hydrogens is 234 g/mol. The predicted octanol–water partition coefficient (Wildman–Crippen LogP) is 2.23. The largest absolute Gasteiger partial charge is 0.317 e. The predicted molar refractivity (Wildman–Crippen MR) is 72.9 cm³/mol. The van der Waals surface area contributed by atoms with E-state index >= 15 is 0 Å². The maximum Gasteiger partial charge on any atom is 0.147 e. The van der Waals surface area contributed by atoms with Gasteiger partial charge in [0.1, 0.15) is 9.84 Å². The molecule has 0 aliphatic heterocycles. The number of hydrogen-bond acceptors (Lipinski definition) is 3. The van der Waals surface area contributed by atoms with Crippen LogP contribution in [0.1, 0.15) is 45.4 Å². The number of nitrogens with one attached hydrogen (secondary N) is 1. The van der Waals surface area contributed by atoms with Crippen molar-refractivity contribution in [3.05, 3.63) is 0 Å². The average Bonchev–Trinajstić information content (AvgIpc) is 2.47. The van der Waals surface area contributed by atoms with Gasteiger partial charge in [0.25, 0.3) is 0 Å².